The van der Waals surface area contributed by atoms with Crippen LogP contribution in [-0.2, 0) is 0 Å². The lowest BCUT2D eigenvalue weighted by atomic mass is 9.90. The van der Waals surface area contributed by atoms with Crippen LogP contribution in [0.15, 0.2) is 182 Å². The van der Waals surface area contributed by atoms with Gasteiger partial charge in [0.2, 0.25) is 0 Å². The molecular formula is C48H30N2. The molecule has 0 atom stereocenters. The number of hydrogen-bond donors (Lipinski definition) is 0. The van der Waals surface area contributed by atoms with Crippen LogP contribution in [0.4, 0.5) is 0 Å². The highest BCUT2D eigenvalue weighted by Gasteiger charge is 2.16. The van der Waals surface area contributed by atoms with Crippen molar-refractivity contribution in [2.24, 2.45) is 0 Å². The van der Waals surface area contributed by atoms with E-state index in [4.69, 9.17) is 4.98 Å². The largest absolute Gasteiger partial charge is 0.265 e. The maximum Gasteiger partial charge on any atom is 0.0722 e. The van der Waals surface area contributed by atoms with Crippen molar-refractivity contribution in [1.29, 1.82) is 0 Å². The van der Waals surface area contributed by atoms with Crippen LogP contribution in [0, 0.1) is 0 Å². The third-order valence-corrected chi connectivity index (χ3v) is 10.1. The summed E-state index contributed by atoms with van der Waals surface area (Å²) in [7, 11) is 0. The zero-order valence-corrected chi connectivity index (χ0v) is 27.2. The van der Waals surface area contributed by atoms with E-state index in [0.29, 0.717) is 0 Å². The normalized spacial score (nSPS) is 11.6. The smallest absolute Gasteiger partial charge is 0.0722 e. The van der Waals surface area contributed by atoms with Gasteiger partial charge < -0.3 is 0 Å². The summed E-state index contributed by atoms with van der Waals surface area (Å²) >= 11 is 0. The Labute approximate surface area is 290 Å². The van der Waals surface area contributed by atoms with Crippen LogP contribution in [0.2, 0.25) is 0 Å². The summed E-state index contributed by atoms with van der Waals surface area (Å²) in [5, 5.41) is 11.1. The van der Waals surface area contributed by atoms with E-state index in [1.807, 2.05) is 12.4 Å². The molecule has 2 heteroatoms. The van der Waals surface area contributed by atoms with Crippen molar-refractivity contribution >= 4 is 54.0 Å². The molecule has 0 N–H and O–H groups in total. The van der Waals surface area contributed by atoms with Crippen molar-refractivity contribution in [3.8, 4) is 44.6 Å². The second-order valence-corrected chi connectivity index (χ2v) is 13.0. The first-order valence-electron chi connectivity index (χ1n) is 17.1. The van der Waals surface area contributed by atoms with Gasteiger partial charge in [0.25, 0.3) is 0 Å². The van der Waals surface area contributed by atoms with Gasteiger partial charge in [-0.05, 0) is 125 Å². The number of fused-ring (bicyclic) bond motifs is 7. The minimum atomic E-state index is 0.965. The SMILES string of the molecule is c1cc(-c2ccncc2)cc(-c2cc(-c3cc4ccccc4c4ccccc34)nc3ccc(-c4cc5ccccc5c5ccccc45)cc23)c1. The first-order valence-corrected chi connectivity index (χ1v) is 17.1. The lowest BCUT2D eigenvalue weighted by Gasteiger charge is -2.16. The summed E-state index contributed by atoms with van der Waals surface area (Å²) in [6.07, 6.45) is 3.71. The minimum absolute atomic E-state index is 0.965. The zero-order chi connectivity index (χ0) is 33.0. The second kappa shape index (κ2) is 11.5. The molecule has 0 aliphatic carbocycles. The number of aromatic nitrogens is 2. The molecule has 232 valence electrons. The quantitative estimate of drug-likeness (QED) is 0.180. The zero-order valence-electron chi connectivity index (χ0n) is 27.2. The Balaban J connectivity index is 1.26. The average Bonchev–Trinajstić information content (AvgIpc) is 3.20. The van der Waals surface area contributed by atoms with E-state index < -0.39 is 0 Å². The van der Waals surface area contributed by atoms with Gasteiger partial charge in [0.1, 0.15) is 0 Å². The lowest BCUT2D eigenvalue weighted by molar-refractivity contribution is 1.33. The fourth-order valence-corrected chi connectivity index (χ4v) is 7.74. The number of rotatable bonds is 4. The Morgan fingerprint density at radius 3 is 1.54 bits per heavy atom. The summed E-state index contributed by atoms with van der Waals surface area (Å²) in [4.78, 5) is 9.66. The first-order chi connectivity index (χ1) is 24.8. The van der Waals surface area contributed by atoms with Gasteiger partial charge in [0, 0.05) is 23.3 Å². The van der Waals surface area contributed by atoms with E-state index in [1.165, 1.54) is 54.2 Å². The second-order valence-electron chi connectivity index (χ2n) is 13.0. The van der Waals surface area contributed by atoms with Gasteiger partial charge in [-0.2, -0.15) is 0 Å². The number of pyridine rings is 2. The Bertz CT molecular complexity index is 2920. The molecule has 0 amide bonds. The van der Waals surface area contributed by atoms with Gasteiger partial charge in [-0.15, -0.1) is 0 Å². The molecule has 0 aliphatic rings. The van der Waals surface area contributed by atoms with E-state index in [0.717, 1.165) is 44.4 Å². The van der Waals surface area contributed by atoms with Gasteiger partial charge >= 0.3 is 0 Å². The first kappa shape index (κ1) is 28.4. The highest BCUT2D eigenvalue weighted by Crippen LogP contribution is 2.41. The van der Waals surface area contributed by atoms with Crippen LogP contribution in [0.1, 0.15) is 0 Å². The Morgan fingerprint density at radius 2 is 0.840 bits per heavy atom. The van der Waals surface area contributed by atoms with Crippen molar-refractivity contribution in [3.05, 3.63) is 182 Å². The molecule has 0 radical (unpaired) electrons. The Hall–Kier alpha value is -6.64. The molecule has 10 aromatic rings. The van der Waals surface area contributed by atoms with Crippen LogP contribution >= 0.6 is 0 Å². The molecule has 0 saturated carbocycles. The molecule has 0 fully saturated rings. The Kier molecular flexibility index (Phi) is 6.53. The van der Waals surface area contributed by atoms with Gasteiger partial charge in [-0.3, -0.25) is 4.98 Å². The van der Waals surface area contributed by atoms with Crippen molar-refractivity contribution in [1.82, 2.24) is 9.97 Å². The molecule has 2 nitrogen and oxygen atoms in total. The van der Waals surface area contributed by atoms with E-state index in [-0.39, 0.29) is 0 Å². The molecule has 0 bridgehead atoms. The number of nitrogens with zero attached hydrogens (tertiary/aromatic N) is 2. The van der Waals surface area contributed by atoms with Crippen molar-refractivity contribution in [2.45, 2.75) is 0 Å². The molecule has 50 heavy (non-hydrogen) atoms. The van der Waals surface area contributed by atoms with Crippen molar-refractivity contribution < 1.29 is 0 Å². The van der Waals surface area contributed by atoms with Crippen LogP contribution in [-0.4, -0.2) is 9.97 Å². The molecule has 0 spiro atoms. The fraction of sp³-hybridized carbons (Fsp3) is 0. The standard InChI is InChI=1S/C48H30N2/c1-3-14-37-34(10-1)27-43(41-18-7-5-16-39(37)41)36-20-21-47-46(29-36)44(33-13-9-12-32(26-33)31-22-24-49-25-23-31)30-48(50-47)45-28-35-11-2-4-15-38(35)40-17-6-8-19-42(40)45/h1-30H. The van der Waals surface area contributed by atoms with Crippen LogP contribution in [0.3, 0.4) is 0 Å². The van der Waals surface area contributed by atoms with E-state index >= 15 is 0 Å². The third-order valence-electron chi connectivity index (χ3n) is 10.1. The topological polar surface area (TPSA) is 25.8 Å². The average molecular weight is 635 g/mol. The molecule has 2 heterocycles. The fourth-order valence-electron chi connectivity index (χ4n) is 7.74. The van der Waals surface area contributed by atoms with Crippen LogP contribution in [0.5, 0.6) is 0 Å². The number of hydrogen-bond acceptors (Lipinski definition) is 2. The number of benzene rings is 8. The van der Waals surface area contributed by atoms with Crippen LogP contribution < -0.4 is 0 Å². The third kappa shape index (κ3) is 4.65. The highest BCUT2D eigenvalue weighted by atomic mass is 14.7. The molecule has 0 unspecified atom stereocenters. The molecule has 0 saturated heterocycles. The van der Waals surface area contributed by atoms with E-state index in [9.17, 15) is 0 Å². The van der Waals surface area contributed by atoms with Crippen LogP contribution in [0.25, 0.3) is 98.6 Å². The summed E-state index contributed by atoms with van der Waals surface area (Å²) < 4.78 is 0. The summed E-state index contributed by atoms with van der Waals surface area (Å²) in [5.41, 5.74) is 10.1. The predicted molar refractivity (Wildman–Crippen MR) is 211 cm³/mol. The molecule has 10 rings (SSSR count). The monoisotopic (exact) mass is 634 g/mol. The van der Waals surface area contributed by atoms with Crippen molar-refractivity contribution in [2.75, 3.05) is 0 Å². The highest BCUT2D eigenvalue weighted by molar-refractivity contribution is 6.16. The molecule has 0 aliphatic heterocycles. The molecule has 2 aromatic heterocycles. The minimum Gasteiger partial charge on any atom is -0.265 e. The van der Waals surface area contributed by atoms with Gasteiger partial charge in [-0.1, -0.05) is 121 Å². The maximum absolute atomic E-state index is 5.41. The van der Waals surface area contributed by atoms with Gasteiger partial charge in [0.05, 0.1) is 11.2 Å². The summed E-state index contributed by atoms with van der Waals surface area (Å²) in [6.45, 7) is 0. The maximum atomic E-state index is 5.41. The Morgan fingerprint density at radius 1 is 0.300 bits per heavy atom. The lowest BCUT2D eigenvalue weighted by Crippen LogP contribution is -1.93. The molecular weight excluding hydrogens is 605 g/mol. The summed E-state index contributed by atoms with van der Waals surface area (Å²) in [5.74, 6) is 0. The van der Waals surface area contributed by atoms with Gasteiger partial charge in [-0.25, -0.2) is 4.98 Å². The van der Waals surface area contributed by atoms with E-state index in [2.05, 4.69) is 175 Å². The summed E-state index contributed by atoms with van der Waals surface area (Å²) in [6, 6.07) is 61.5. The van der Waals surface area contributed by atoms with E-state index in [1.54, 1.807) is 0 Å². The predicted octanol–water partition coefficient (Wildman–Crippen LogP) is 12.9. The molecule has 8 aromatic carbocycles. The van der Waals surface area contributed by atoms with Gasteiger partial charge in [0.15, 0.2) is 0 Å². The van der Waals surface area contributed by atoms with Crippen molar-refractivity contribution in [3.63, 3.8) is 0 Å².